The molecule has 1 aliphatic rings. The number of ether oxygens (including phenoxy) is 1. The van der Waals surface area contributed by atoms with Crippen LogP contribution < -0.4 is 5.73 Å². The molecule has 1 atom stereocenters. The van der Waals surface area contributed by atoms with E-state index in [2.05, 4.69) is 11.2 Å². The van der Waals surface area contributed by atoms with Crippen molar-refractivity contribution in [2.24, 2.45) is 5.73 Å². The van der Waals surface area contributed by atoms with E-state index in [4.69, 9.17) is 22.1 Å². The molecular weight excluding hydrogens is 250 g/mol. The Hall–Kier alpha value is -0.840. The van der Waals surface area contributed by atoms with E-state index in [9.17, 15) is 0 Å². The zero-order chi connectivity index (χ0) is 13.0. The number of hydrogen-bond acceptors (Lipinski definition) is 3. The van der Waals surface area contributed by atoms with Crippen LogP contribution >= 0.6 is 11.6 Å². The molecular formula is C13H20ClN3O. The van der Waals surface area contributed by atoms with Crippen LogP contribution in [0.5, 0.6) is 0 Å². The summed E-state index contributed by atoms with van der Waals surface area (Å²) in [5, 5.41) is 5.01. The summed E-state index contributed by atoms with van der Waals surface area (Å²) in [5.74, 6) is 0. The van der Waals surface area contributed by atoms with Crippen molar-refractivity contribution in [3.8, 4) is 0 Å². The van der Waals surface area contributed by atoms with E-state index < -0.39 is 0 Å². The molecule has 1 aliphatic carbocycles. The molecule has 2 rings (SSSR count). The summed E-state index contributed by atoms with van der Waals surface area (Å²) in [5.41, 5.74) is 8.28. The van der Waals surface area contributed by atoms with Crippen molar-refractivity contribution < 1.29 is 4.74 Å². The van der Waals surface area contributed by atoms with Crippen LogP contribution in [0.3, 0.4) is 0 Å². The number of hydrogen-bond donors (Lipinski definition) is 1. The number of rotatable bonds is 4. The van der Waals surface area contributed by atoms with Crippen molar-refractivity contribution in [1.29, 1.82) is 0 Å². The van der Waals surface area contributed by atoms with Gasteiger partial charge in [0.1, 0.15) is 0 Å². The maximum absolute atomic E-state index is 6.25. The lowest BCUT2D eigenvalue weighted by Gasteiger charge is -2.11. The molecule has 0 spiro atoms. The van der Waals surface area contributed by atoms with Gasteiger partial charge in [0.25, 0.3) is 0 Å². The third kappa shape index (κ3) is 3.13. The van der Waals surface area contributed by atoms with Crippen molar-refractivity contribution in [2.45, 2.75) is 38.3 Å². The van der Waals surface area contributed by atoms with E-state index in [1.54, 1.807) is 13.3 Å². The van der Waals surface area contributed by atoms with Crippen LogP contribution in [-0.4, -0.2) is 29.5 Å². The van der Waals surface area contributed by atoms with Crippen LogP contribution in [-0.2, 0) is 11.3 Å². The summed E-state index contributed by atoms with van der Waals surface area (Å²) >= 11 is 6.25. The van der Waals surface area contributed by atoms with Crippen LogP contribution in [0, 0.1) is 0 Å². The fourth-order valence-electron chi connectivity index (χ4n) is 2.35. The highest BCUT2D eigenvalue weighted by Crippen LogP contribution is 2.30. The predicted molar refractivity (Wildman–Crippen MR) is 73.5 cm³/mol. The van der Waals surface area contributed by atoms with Gasteiger partial charge in [-0.3, -0.25) is 4.68 Å². The molecule has 2 N–H and O–H groups in total. The molecule has 18 heavy (non-hydrogen) atoms. The zero-order valence-corrected chi connectivity index (χ0v) is 11.5. The highest BCUT2D eigenvalue weighted by molar-refractivity contribution is 6.32. The predicted octanol–water partition coefficient (Wildman–Crippen LogP) is 2.47. The van der Waals surface area contributed by atoms with Gasteiger partial charge < -0.3 is 10.5 Å². The van der Waals surface area contributed by atoms with Crippen LogP contribution in [0.2, 0.25) is 5.02 Å². The molecule has 1 aromatic heterocycles. The number of methoxy groups -OCH3 is 1. The quantitative estimate of drug-likeness (QED) is 0.914. The standard InChI is InChI=1S/C13H20ClN3O/c1-18-7-6-17-13(12(14)9-16-17)10-4-2-3-5-11(15)8-10/h8-9,11H,2-7,15H2,1H3. The molecule has 0 radical (unpaired) electrons. The second-order valence-corrected chi connectivity index (χ2v) is 5.07. The van der Waals surface area contributed by atoms with Crippen molar-refractivity contribution in [3.63, 3.8) is 0 Å². The molecule has 0 bridgehead atoms. The SMILES string of the molecule is COCCn1ncc(Cl)c1C1=CC(N)CCCC1. The molecule has 0 saturated carbocycles. The van der Waals surface area contributed by atoms with E-state index in [1.165, 1.54) is 12.0 Å². The molecule has 5 heteroatoms. The van der Waals surface area contributed by atoms with Gasteiger partial charge in [0, 0.05) is 13.2 Å². The first-order valence-electron chi connectivity index (χ1n) is 6.39. The minimum atomic E-state index is 0.129. The second kappa shape index (κ2) is 6.36. The zero-order valence-electron chi connectivity index (χ0n) is 10.7. The van der Waals surface area contributed by atoms with Crippen LogP contribution in [0.15, 0.2) is 12.3 Å². The maximum Gasteiger partial charge on any atom is 0.0862 e. The first-order valence-corrected chi connectivity index (χ1v) is 6.77. The van der Waals surface area contributed by atoms with Gasteiger partial charge in [0.05, 0.1) is 30.1 Å². The molecule has 0 amide bonds. The van der Waals surface area contributed by atoms with Gasteiger partial charge in [-0.15, -0.1) is 0 Å². The first kappa shape index (κ1) is 13.6. The van der Waals surface area contributed by atoms with Gasteiger partial charge >= 0.3 is 0 Å². The summed E-state index contributed by atoms with van der Waals surface area (Å²) in [6.45, 7) is 1.34. The summed E-state index contributed by atoms with van der Waals surface area (Å²) < 4.78 is 7.01. The first-order chi connectivity index (χ1) is 8.72. The third-order valence-corrected chi connectivity index (χ3v) is 3.53. The highest BCUT2D eigenvalue weighted by atomic mass is 35.5. The van der Waals surface area contributed by atoms with Crippen LogP contribution in [0.4, 0.5) is 0 Å². The monoisotopic (exact) mass is 269 g/mol. The summed E-state index contributed by atoms with van der Waals surface area (Å²) in [4.78, 5) is 0. The fraction of sp³-hybridized carbons (Fsp3) is 0.615. The van der Waals surface area contributed by atoms with Gasteiger partial charge in [-0.1, -0.05) is 24.1 Å². The number of nitrogens with two attached hydrogens (primary N) is 1. The molecule has 1 aromatic rings. The van der Waals surface area contributed by atoms with Crippen molar-refractivity contribution in [2.75, 3.05) is 13.7 Å². The Labute approximate surface area is 113 Å². The highest BCUT2D eigenvalue weighted by Gasteiger charge is 2.17. The van der Waals surface area contributed by atoms with Crippen molar-refractivity contribution in [3.05, 3.63) is 23.0 Å². The Kier molecular flexibility index (Phi) is 4.80. The third-order valence-electron chi connectivity index (χ3n) is 3.26. The largest absolute Gasteiger partial charge is 0.383 e. The summed E-state index contributed by atoms with van der Waals surface area (Å²) in [6, 6.07) is 0.129. The van der Waals surface area contributed by atoms with Gasteiger partial charge in [0.15, 0.2) is 0 Å². The Bertz CT molecular complexity index is 428. The topological polar surface area (TPSA) is 53.1 Å². The molecule has 0 fully saturated rings. The minimum absolute atomic E-state index is 0.129. The van der Waals surface area contributed by atoms with E-state index >= 15 is 0 Å². The fourth-order valence-corrected chi connectivity index (χ4v) is 2.61. The number of aromatic nitrogens is 2. The summed E-state index contributed by atoms with van der Waals surface area (Å²) in [6.07, 6.45) is 8.23. The second-order valence-electron chi connectivity index (χ2n) is 4.66. The van der Waals surface area contributed by atoms with E-state index in [1.807, 2.05) is 4.68 Å². The summed E-state index contributed by atoms with van der Waals surface area (Å²) in [7, 11) is 1.69. The van der Waals surface area contributed by atoms with E-state index in [0.29, 0.717) is 18.2 Å². The smallest absolute Gasteiger partial charge is 0.0862 e. The molecule has 0 aromatic carbocycles. The van der Waals surface area contributed by atoms with Crippen molar-refractivity contribution in [1.82, 2.24) is 9.78 Å². The average Bonchev–Trinajstić information content (AvgIpc) is 2.57. The van der Waals surface area contributed by atoms with Crippen LogP contribution in [0.1, 0.15) is 31.4 Å². The van der Waals surface area contributed by atoms with E-state index in [-0.39, 0.29) is 6.04 Å². The number of nitrogens with zero attached hydrogens (tertiary/aromatic N) is 2. The Morgan fingerprint density at radius 3 is 3.17 bits per heavy atom. The molecule has 0 saturated heterocycles. The molecule has 4 nitrogen and oxygen atoms in total. The number of halogens is 1. The lowest BCUT2D eigenvalue weighted by Crippen LogP contribution is -2.16. The van der Waals surface area contributed by atoms with Gasteiger partial charge in [-0.25, -0.2) is 0 Å². The lowest BCUT2D eigenvalue weighted by atomic mass is 10.1. The lowest BCUT2D eigenvalue weighted by molar-refractivity contribution is 0.183. The van der Waals surface area contributed by atoms with E-state index in [0.717, 1.165) is 25.0 Å². The van der Waals surface area contributed by atoms with Gasteiger partial charge in [-0.2, -0.15) is 5.10 Å². The molecule has 100 valence electrons. The molecule has 1 heterocycles. The average molecular weight is 270 g/mol. The Balaban J connectivity index is 2.27. The van der Waals surface area contributed by atoms with Crippen LogP contribution in [0.25, 0.3) is 5.57 Å². The Morgan fingerprint density at radius 2 is 2.39 bits per heavy atom. The number of allylic oxidation sites excluding steroid dienone is 1. The Morgan fingerprint density at radius 1 is 1.56 bits per heavy atom. The normalized spacial score (nSPS) is 20.6. The molecule has 1 unspecified atom stereocenters. The van der Waals surface area contributed by atoms with Crippen molar-refractivity contribution >= 4 is 17.2 Å². The maximum atomic E-state index is 6.25. The van der Waals surface area contributed by atoms with Gasteiger partial charge in [-0.05, 0) is 24.8 Å². The molecule has 0 aliphatic heterocycles. The minimum Gasteiger partial charge on any atom is -0.383 e. The van der Waals surface area contributed by atoms with Gasteiger partial charge in [0.2, 0.25) is 0 Å².